The number of carbonyl (C=O) groups is 1. The van der Waals surface area contributed by atoms with Gasteiger partial charge in [0.1, 0.15) is 11.6 Å². The number of anilines is 1. The van der Waals surface area contributed by atoms with E-state index in [9.17, 15) is 4.79 Å². The SMILES string of the molecule is Cc1nsc(NC(=O)COc2ccc(C(C)C)cc2)n1. The molecule has 1 heterocycles. The second-order valence-electron chi connectivity index (χ2n) is 4.71. The first kappa shape index (κ1) is 14.5. The molecule has 0 spiro atoms. The molecule has 2 rings (SSSR count). The molecule has 0 aliphatic carbocycles. The number of aryl methyl sites for hydroxylation is 1. The summed E-state index contributed by atoms with van der Waals surface area (Å²) in [7, 11) is 0. The van der Waals surface area contributed by atoms with Gasteiger partial charge in [-0.1, -0.05) is 26.0 Å². The molecule has 6 heteroatoms. The summed E-state index contributed by atoms with van der Waals surface area (Å²) >= 11 is 1.16. The second kappa shape index (κ2) is 6.47. The molecule has 0 saturated carbocycles. The number of hydrogen-bond donors (Lipinski definition) is 1. The highest BCUT2D eigenvalue weighted by Crippen LogP contribution is 2.18. The molecule has 0 unspecified atom stereocenters. The van der Waals surface area contributed by atoms with Gasteiger partial charge in [0.2, 0.25) is 5.13 Å². The Kier molecular flexibility index (Phi) is 4.68. The van der Waals surface area contributed by atoms with E-state index in [-0.39, 0.29) is 12.5 Å². The van der Waals surface area contributed by atoms with Gasteiger partial charge in [-0.2, -0.15) is 4.37 Å². The number of carbonyl (C=O) groups excluding carboxylic acids is 1. The second-order valence-corrected chi connectivity index (χ2v) is 5.46. The topological polar surface area (TPSA) is 64.1 Å². The third-order valence-electron chi connectivity index (χ3n) is 2.69. The fourth-order valence-corrected chi connectivity index (χ4v) is 2.19. The van der Waals surface area contributed by atoms with Crippen LogP contribution in [-0.2, 0) is 4.79 Å². The van der Waals surface area contributed by atoms with Crippen molar-refractivity contribution < 1.29 is 9.53 Å². The van der Waals surface area contributed by atoms with Gasteiger partial charge in [0.05, 0.1) is 0 Å². The highest BCUT2D eigenvalue weighted by atomic mass is 32.1. The number of aromatic nitrogens is 2. The Balaban J connectivity index is 1.83. The first-order chi connectivity index (χ1) is 9.54. The molecular weight excluding hydrogens is 274 g/mol. The van der Waals surface area contributed by atoms with Crippen LogP contribution < -0.4 is 10.1 Å². The molecule has 0 bridgehead atoms. The monoisotopic (exact) mass is 291 g/mol. The number of hydrogen-bond acceptors (Lipinski definition) is 5. The maximum atomic E-state index is 11.7. The molecule has 0 aliphatic heterocycles. The molecule has 0 aliphatic rings. The van der Waals surface area contributed by atoms with E-state index in [0.29, 0.717) is 22.6 Å². The molecule has 5 nitrogen and oxygen atoms in total. The summed E-state index contributed by atoms with van der Waals surface area (Å²) in [6, 6.07) is 7.76. The molecule has 1 aromatic heterocycles. The van der Waals surface area contributed by atoms with E-state index in [1.807, 2.05) is 24.3 Å². The lowest BCUT2D eigenvalue weighted by Gasteiger charge is -2.08. The van der Waals surface area contributed by atoms with Gasteiger partial charge in [-0.05, 0) is 30.5 Å². The quantitative estimate of drug-likeness (QED) is 0.919. The van der Waals surface area contributed by atoms with Crippen LogP contribution in [0.25, 0.3) is 0 Å². The van der Waals surface area contributed by atoms with Crippen LogP contribution in [0.15, 0.2) is 24.3 Å². The zero-order chi connectivity index (χ0) is 14.5. The average molecular weight is 291 g/mol. The number of rotatable bonds is 5. The molecule has 2 aromatic rings. The van der Waals surface area contributed by atoms with Gasteiger partial charge in [-0.3, -0.25) is 10.1 Å². The molecule has 0 radical (unpaired) electrons. The minimum atomic E-state index is -0.242. The predicted molar refractivity (Wildman–Crippen MR) is 79.3 cm³/mol. The van der Waals surface area contributed by atoms with Crippen molar-refractivity contribution in [3.63, 3.8) is 0 Å². The van der Waals surface area contributed by atoms with E-state index in [1.165, 1.54) is 5.56 Å². The normalized spacial score (nSPS) is 10.6. The number of nitrogens with zero attached hydrogens (tertiary/aromatic N) is 2. The summed E-state index contributed by atoms with van der Waals surface area (Å²) in [5, 5.41) is 3.14. The van der Waals surface area contributed by atoms with E-state index in [0.717, 1.165) is 11.5 Å². The van der Waals surface area contributed by atoms with Crippen LogP contribution in [0, 0.1) is 6.92 Å². The van der Waals surface area contributed by atoms with E-state index >= 15 is 0 Å². The first-order valence-corrected chi connectivity index (χ1v) is 7.15. The van der Waals surface area contributed by atoms with E-state index in [2.05, 4.69) is 28.5 Å². The van der Waals surface area contributed by atoms with Gasteiger partial charge in [0.25, 0.3) is 5.91 Å². The third-order valence-corrected chi connectivity index (χ3v) is 3.41. The molecule has 1 aromatic carbocycles. The summed E-state index contributed by atoms with van der Waals surface area (Å²) in [6.45, 7) is 6.00. The van der Waals surface area contributed by atoms with Crippen molar-refractivity contribution in [1.82, 2.24) is 9.36 Å². The van der Waals surface area contributed by atoms with Crippen molar-refractivity contribution in [2.75, 3.05) is 11.9 Å². The van der Waals surface area contributed by atoms with Gasteiger partial charge in [-0.25, -0.2) is 4.98 Å². The van der Waals surface area contributed by atoms with Crippen LogP contribution in [-0.4, -0.2) is 21.9 Å². The number of amides is 1. The average Bonchev–Trinajstić information content (AvgIpc) is 2.82. The maximum Gasteiger partial charge on any atom is 0.264 e. The van der Waals surface area contributed by atoms with Gasteiger partial charge >= 0.3 is 0 Å². The minimum Gasteiger partial charge on any atom is -0.484 e. The largest absolute Gasteiger partial charge is 0.484 e. The van der Waals surface area contributed by atoms with E-state index in [1.54, 1.807) is 6.92 Å². The molecule has 1 N–H and O–H groups in total. The van der Waals surface area contributed by atoms with Crippen LogP contribution in [0.5, 0.6) is 5.75 Å². The Hall–Kier alpha value is -1.95. The van der Waals surface area contributed by atoms with Crippen LogP contribution >= 0.6 is 11.5 Å². The van der Waals surface area contributed by atoms with Crippen molar-refractivity contribution in [2.24, 2.45) is 0 Å². The molecule has 1 amide bonds. The van der Waals surface area contributed by atoms with Crippen molar-refractivity contribution in [3.8, 4) is 5.75 Å². The lowest BCUT2D eigenvalue weighted by molar-refractivity contribution is -0.118. The Labute approximate surface area is 122 Å². The third kappa shape index (κ3) is 4.03. The number of ether oxygens (including phenoxy) is 1. The molecule has 20 heavy (non-hydrogen) atoms. The summed E-state index contributed by atoms with van der Waals surface area (Å²) in [4.78, 5) is 15.7. The van der Waals surface area contributed by atoms with Crippen LogP contribution in [0.3, 0.4) is 0 Å². The zero-order valence-corrected chi connectivity index (χ0v) is 12.5. The van der Waals surface area contributed by atoms with Gasteiger partial charge in [-0.15, -0.1) is 0 Å². The summed E-state index contributed by atoms with van der Waals surface area (Å²) < 4.78 is 9.42. The number of benzene rings is 1. The van der Waals surface area contributed by atoms with E-state index < -0.39 is 0 Å². The Bertz CT molecular complexity index is 578. The number of nitrogens with one attached hydrogen (secondary N) is 1. The highest BCUT2D eigenvalue weighted by molar-refractivity contribution is 7.09. The smallest absolute Gasteiger partial charge is 0.264 e. The molecule has 106 valence electrons. The van der Waals surface area contributed by atoms with Crippen molar-refractivity contribution in [1.29, 1.82) is 0 Å². The lowest BCUT2D eigenvalue weighted by Crippen LogP contribution is -2.20. The van der Waals surface area contributed by atoms with Crippen LogP contribution in [0.4, 0.5) is 5.13 Å². The van der Waals surface area contributed by atoms with Crippen LogP contribution in [0.2, 0.25) is 0 Å². The molecule has 0 saturated heterocycles. The highest BCUT2D eigenvalue weighted by Gasteiger charge is 2.07. The Morgan fingerprint density at radius 2 is 2.05 bits per heavy atom. The standard InChI is InChI=1S/C14H17N3O2S/c1-9(2)11-4-6-12(7-5-11)19-8-13(18)16-14-15-10(3)17-20-14/h4-7,9H,8H2,1-3H3,(H,15,16,17,18). The fraction of sp³-hybridized carbons (Fsp3) is 0.357. The lowest BCUT2D eigenvalue weighted by atomic mass is 10.0. The maximum absolute atomic E-state index is 11.7. The van der Waals surface area contributed by atoms with E-state index in [4.69, 9.17) is 4.74 Å². The summed E-state index contributed by atoms with van der Waals surface area (Å²) in [5.41, 5.74) is 1.24. The van der Waals surface area contributed by atoms with Crippen LogP contribution in [0.1, 0.15) is 31.2 Å². The molecule has 0 atom stereocenters. The minimum absolute atomic E-state index is 0.0420. The Morgan fingerprint density at radius 3 is 2.60 bits per heavy atom. The molecular formula is C14H17N3O2S. The van der Waals surface area contributed by atoms with Crippen molar-refractivity contribution in [2.45, 2.75) is 26.7 Å². The van der Waals surface area contributed by atoms with Crippen molar-refractivity contribution >= 4 is 22.6 Å². The molecule has 0 fully saturated rings. The fourth-order valence-electron chi connectivity index (χ4n) is 1.60. The van der Waals surface area contributed by atoms with Gasteiger partial charge < -0.3 is 4.74 Å². The Morgan fingerprint density at radius 1 is 1.35 bits per heavy atom. The zero-order valence-electron chi connectivity index (χ0n) is 11.7. The predicted octanol–water partition coefficient (Wildman–Crippen LogP) is 2.99. The van der Waals surface area contributed by atoms with Crippen molar-refractivity contribution in [3.05, 3.63) is 35.7 Å². The first-order valence-electron chi connectivity index (χ1n) is 6.37. The van der Waals surface area contributed by atoms with Gasteiger partial charge in [0.15, 0.2) is 6.61 Å². The van der Waals surface area contributed by atoms with Gasteiger partial charge in [0, 0.05) is 11.5 Å². The summed E-state index contributed by atoms with van der Waals surface area (Å²) in [6.07, 6.45) is 0. The summed E-state index contributed by atoms with van der Waals surface area (Å²) in [5.74, 6) is 1.57.